The molecule has 2 aromatic rings. The van der Waals surface area contributed by atoms with Crippen molar-refractivity contribution in [3.63, 3.8) is 0 Å². The highest BCUT2D eigenvalue weighted by Gasteiger charge is 2.02. The first kappa shape index (κ1) is 16.7. The van der Waals surface area contributed by atoms with Crippen molar-refractivity contribution in [2.45, 2.75) is 26.3 Å². The van der Waals surface area contributed by atoms with Crippen molar-refractivity contribution >= 4 is 35.6 Å². The summed E-state index contributed by atoms with van der Waals surface area (Å²) in [5.74, 6) is 0.832. The predicted octanol–water partition coefficient (Wildman–Crippen LogP) is 2.07. The number of hydrogen-bond acceptors (Lipinski definition) is 2. The van der Waals surface area contributed by atoms with Crippen LogP contribution in [0, 0.1) is 0 Å². The first-order chi connectivity index (χ1) is 9.19. The van der Waals surface area contributed by atoms with Crippen LogP contribution in [-0.2, 0) is 6.42 Å². The lowest BCUT2D eigenvalue weighted by atomic mass is 10.3. The molecule has 0 saturated carbocycles. The minimum atomic E-state index is 0. The van der Waals surface area contributed by atoms with Crippen molar-refractivity contribution in [3.8, 4) is 0 Å². The van der Waals surface area contributed by atoms with Crippen LogP contribution in [0.2, 0.25) is 0 Å². The van der Waals surface area contributed by atoms with E-state index >= 15 is 0 Å². The van der Waals surface area contributed by atoms with E-state index in [0.29, 0.717) is 6.04 Å². The highest BCUT2D eigenvalue weighted by molar-refractivity contribution is 14.0. The van der Waals surface area contributed by atoms with E-state index in [2.05, 4.69) is 40.7 Å². The van der Waals surface area contributed by atoms with E-state index in [-0.39, 0.29) is 24.0 Å². The van der Waals surface area contributed by atoms with E-state index in [9.17, 15) is 0 Å². The molecule has 2 rings (SSSR count). The van der Waals surface area contributed by atoms with Crippen LogP contribution in [0.3, 0.4) is 0 Å². The van der Waals surface area contributed by atoms with E-state index in [1.807, 2.05) is 28.8 Å². The molecule has 0 aliphatic rings. The molecule has 2 aromatic heterocycles. The molecule has 20 heavy (non-hydrogen) atoms. The number of nitrogens with one attached hydrogen (secondary N) is 2. The van der Waals surface area contributed by atoms with Gasteiger partial charge in [0.1, 0.15) is 5.65 Å². The highest BCUT2D eigenvalue weighted by Crippen LogP contribution is 2.04. The second-order valence-corrected chi connectivity index (χ2v) is 4.75. The molecule has 0 spiro atoms. The van der Waals surface area contributed by atoms with E-state index in [1.54, 1.807) is 7.05 Å². The number of fused-ring (bicyclic) bond motifs is 1. The van der Waals surface area contributed by atoms with Gasteiger partial charge in [-0.1, -0.05) is 6.07 Å². The number of rotatable bonds is 4. The molecule has 6 heteroatoms. The van der Waals surface area contributed by atoms with Gasteiger partial charge in [0.15, 0.2) is 5.96 Å². The lowest BCUT2D eigenvalue weighted by Gasteiger charge is -2.13. The molecule has 0 fully saturated rings. The summed E-state index contributed by atoms with van der Waals surface area (Å²) < 4.78 is 2.04. The van der Waals surface area contributed by atoms with E-state index in [1.165, 1.54) is 0 Å². The van der Waals surface area contributed by atoms with Gasteiger partial charge in [0.05, 0.1) is 5.69 Å². The first-order valence-electron chi connectivity index (χ1n) is 6.59. The second-order valence-electron chi connectivity index (χ2n) is 4.75. The Balaban J connectivity index is 0.00000200. The summed E-state index contributed by atoms with van der Waals surface area (Å²) in [4.78, 5) is 8.73. The Morgan fingerprint density at radius 1 is 1.40 bits per heavy atom. The summed E-state index contributed by atoms with van der Waals surface area (Å²) in [5, 5.41) is 6.54. The van der Waals surface area contributed by atoms with Crippen molar-refractivity contribution in [1.82, 2.24) is 20.0 Å². The molecule has 5 nitrogen and oxygen atoms in total. The molecule has 0 atom stereocenters. The number of hydrogen-bond donors (Lipinski definition) is 2. The smallest absolute Gasteiger partial charge is 0.191 e. The summed E-state index contributed by atoms with van der Waals surface area (Å²) in [6.07, 6.45) is 4.95. The Morgan fingerprint density at radius 3 is 2.85 bits per heavy atom. The van der Waals surface area contributed by atoms with E-state index in [4.69, 9.17) is 0 Å². The lowest BCUT2D eigenvalue weighted by Crippen LogP contribution is -2.41. The number of aromatic nitrogens is 2. The molecule has 0 aromatic carbocycles. The van der Waals surface area contributed by atoms with Crippen LogP contribution in [0.1, 0.15) is 19.5 Å². The van der Waals surface area contributed by atoms with Crippen molar-refractivity contribution < 1.29 is 0 Å². The van der Waals surface area contributed by atoms with Crippen LogP contribution >= 0.6 is 24.0 Å². The standard InChI is InChI=1S/C14H21N5.HI/c1-11(2)17-14(15-3)16-8-7-12-10-19-9-5-4-6-13(19)18-12;/h4-6,9-11H,7-8H2,1-3H3,(H2,15,16,17);1H. The van der Waals surface area contributed by atoms with Gasteiger partial charge < -0.3 is 15.0 Å². The molecule has 0 aliphatic heterocycles. The summed E-state index contributed by atoms with van der Waals surface area (Å²) in [5.41, 5.74) is 2.07. The van der Waals surface area contributed by atoms with Gasteiger partial charge in [0.25, 0.3) is 0 Å². The number of nitrogens with zero attached hydrogens (tertiary/aromatic N) is 3. The molecular weight excluding hydrogens is 365 g/mol. The zero-order valence-electron chi connectivity index (χ0n) is 12.1. The normalized spacial score (nSPS) is 11.5. The minimum Gasteiger partial charge on any atom is -0.356 e. The van der Waals surface area contributed by atoms with Crippen molar-refractivity contribution in [1.29, 1.82) is 0 Å². The summed E-state index contributed by atoms with van der Waals surface area (Å²) in [6.45, 7) is 5.00. The van der Waals surface area contributed by atoms with E-state index in [0.717, 1.165) is 30.3 Å². The van der Waals surface area contributed by atoms with Gasteiger partial charge in [-0.15, -0.1) is 24.0 Å². The monoisotopic (exact) mass is 387 g/mol. The summed E-state index contributed by atoms with van der Waals surface area (Å²) in [6, 6.07) is 6.39. The predicted molar refractivity (Wildman–Crippen MR) is 93.9 cm³/mol. The lowest BCUT2D eigenvalue weighted by molar-refractivity contribution is 0.696. The van der Waals surface area contributed by atoms with Crippen LogP contribution in [0.5, 0.6) is 0 Å². The van der Waals surface area contributed by atoms with Gasteiger partial charge in [-0.05, 0) is 26.0 Å². The van der Waals surface area contributed by atoms with Gasteiger partial charge in [-0.3, -0.25) is 4.99 Å². The Labute approximate surface area is 136 Å². The average Bonchev–Trinajstić information content (AvgIpc) is 2.79. The third kappa shape index (κ3) is 4.66. The topological polar surface area (TPSA) is 53.7 Å². The van der Waals surface area contributed by atoms with Crippen LogP contribution in [0.4, 0.5) is 0 Å². The SMILES string of the molecule is CN=C(NCCc1cn2ccccc2n1)NC(C)C.I. The fourth-order valence-electron chi connectivity index (χ4n) is 1.88. The van der Waals surface area contributed by atoms with Crippen LogP contribution in [-0.4, -0.2) is 35.0 Å². The van der Waals surface area contributed by atoms with Crippen molar-refractivity contribution in [2.75, 3.05) is 13.6 Å². The number of imidazole rings is 1. The average molecular weight is 387 g/mol. The number of pyridine rings is 1. The largest absolute Gasteiger partial charge is 0.356 e. The van der Waals surface area contributed by atoms with Gasteiger partial charge in [-0.25, -0.2) is 4.98 Å². The number of aliphatic imine (C=N–C) groups is 1. The summed E-state index contributed by atoms with van der Waals surface area (Å²) >= 11 is 0. The molecular formula is C14H22IN5. The molecule has 2 N–H and O–H groups in total. The van der Waals surface area contributed by atoms with Crippen molar-refractivity contribution in [2.24, 2.45) is 4.99 Å². The first-order valence-corrected chi connectivity index (χ1v) is 6.59. The van der Waals surface area contributed by atoms with Crippen molar-refractivity contribution in [3.05, 3.63) is 36.3 Å². The Hall–Kier alpha value is -1.31. The van der Waals surface area contributed by atoms with E-state index < -0.39 is 0 Å². The molecule has 0 unspecified atom stereocenters. The maximum Gasteiger partial charge on any atom is 0.191 e. The summed E-state index contributed by atoms with van der Waals surface area (Å²) in [7, 11) is 1.78. The Morgan fingerprint density at radius 2 is 2.20 bits per heavy atom. The van der Waals surface area contributed by atoms with Crippen LogP contribution < -0.4 is 10.6 Å². The molecule has 0 aliphatic carbocycles. The highest BCUT2D eigenvalue weighted by atomic mass is 127. The maximum absolute atomic E-state index is 4.56. The minimum absolute atomic E-state index is 0. The molecule has 110 valence electrons. The van der Waals surface area contributed by atoms with Crippen LogP contribution in [0.25, 0.3) is 5.65 Å². The zero-order valence-corrected chi connectivity index (χ0v) is 14.5. The Kier molecular flexibility index (Phi) is 6.77. The molecule has 0 bridgehead atoms. The fourth-order valence-corrected chi connectivity index (χ4v) is 1.88. The number of guanidine groups is 1. The number of halogens is 1. The zero-order chi connectivity index (χ0) is 13.7. The van der Waals surface area contributed by atoms with Gasteiger partial charge >= 0.3 is 0 Å². The second kappa shape index (κ2) is 8.08. The quantitative estimate of drug-likeness (QED) is 0.480. The van der Waals surface area contributed by atoms with Gasteiger partial charge in [-0.2, -0.15) is 0 Å². The third-order valence-corrected chi connectivity index (χ3v) is 2.74. The molecule has 2 heterocycles. The third-order valence-electron chi connectivity index (χ3n) is 2.74. The van der Waals surface area contributed by atoms with Gasteiger partial charge in [0.2, 0.25) is 0 Å². The molecule has 0 radical (unpaired) electrons. The van der Waals surface area contributed by atoms with Crippen LogP contribution in [0.15, 0.2) is 35.6 Å². The molecule has 0 amide bonds. The Bertz CT molecular complexity index is 528. The maximum atomic E-state index is 4.56. The fraction of sp³-hybridized carbons (Fsp3) is 0.429. The van der Waals surface area contributed by atoms with Gasteiger partial charge in [0, 0.05) is 38.4 Å². The molecule has 0 saturated heterocycles.